The van der Waals surface area contributed by atoms with Crippen LogP contribution in [0.15, 0.2) is 18.2 Å². The molecule has 0 fully saturated rings. The molecule has 0 amide bonds. The molecule has 0 spiro atoms. The van der Waals surface area contributed by atoms with Crippen LogP contribution in [0.4, 0.5) is 18.9 Å². The summed E-state index contributed by atoms with van der Waals surface area (Å²) in [5.41, 5.74) is -0.862. The average Bonchev–Trinajstić information content (AvgIpc) is 2.24. The molecule has 0 atom stereocenters. The summed E-state index contributed by atoms with van der Waals surface area (Å²) in [6.07, 6.45) is -3.67. The van der Waals surface area contributed by atoms with Crippen LogP contribution < -0.4 is 5.32 Å². The largest absolute Gasteiger partial charge is 0.417 e. The van der Waals surface area contributed by atoms with E-state index in [9.17, 15) is 13.2 Å². The molecule has 0 saturated carbocycles. The molecule has 2 nitrogen and oxygen atoms in total. The first-order valence-corrected chi connectivity index (χ1v) is 4.84. The van der Waals surface area contributed by atoms with Gasteiger partial charge in [0.15, 0.2) is 0 Å². The first kappa shape index (κ1) is 12.4. The van der Waals surface area contributed by atoms with Gasteiger partial charge in [0.05, 0.1) is 17.2 Å². The lowest BCUT2D eigenvalue weighted by Crippen LogP contribution is -2.09. The van der Waals surface area contributed by atoms with Crippen molar-refractivity contribution < 1.29 is 13.2 Å². The highest BCUT2D eigenvalue weighted by Gasteiger charge is 2.33. The second kappa shape index (κ2) is 4.88. The van der Waals surface area contributed by atoms with Crippen molar-refractivity contribution in [3.63, 3.8) is 0 Å². The quantitative estimate of drug-likeness (QED) is 0.860. The van der Waals surface area contributed by atoms with Crippen molar-refractivity contribution >= 4 is 5.69 Å². The van der Waals surface area contributed by atoms with Gasteiger partial charge in [0.1, 0.15) is 0 Å². The first-order chi connectivity index (χ1) is 7.49. The summed E-state index contributed by atoms with van der Waals surface area (Å²) in [5, 5.41) is 11.4. The van der Waals surface area contributed by atoms with Crippen LogP contribution in [0.5, 0.6) is 0 Å². The Hall–Kier alpha value is -1.70. The molecule has 0 heterocycles. The normalized spacial score (nSPS) is 10.9. The van der Waals surface area contributed by atoms with E-state index in [1.807, 2.05) is 6.92 Å². The molecule has 0 aliphatic carbocycles. The van der Waals surface area contributed by atoms with Gasteiger partial charge in [-0.05, 0) is 24.6 Å². The summed E-state index contributed by atoms with van der Waals surface area (Å²) in [6, 6.07) is 5.16. The van der Waals surface area contributed by atoms with E-state index < -0.39 is 11.7 Å². The van der Waals surface area contributed by atoms with Gasteiger partial charge in [0, 0.05) is 12.2 Å². The molecule has 0 unspecified atom stereocenters. The predicted octanol–water partition coefficient (Wildman–Crippen LogP) is 3.40. The number of hydrogen-bond acceptors (Lipinski definition) is 2. The maximum atomic E-state index is 12.6. The average molecular weight is 228 g/mol. The second-order valence-electron chi connectivity index (χ2n) is 3.30. The number of hydrogen-bond donors (Lipinski definition) is 1. The van der Waals surface area contributed by atoms with Crippen LogP contribution in [0.3, 0.4) is 0 Å². The number of benzene rings is 1. The van der Waals surface area contributed by atoms with Gasteiger partial charge in [-0.1, -0.05) is 6.92 Å². The topological polar surface area (TPSA) is 35.8 Å². The van der Waals surface area contributed by atoms with Gasteiger partial charge in [-0.15, -0.1) is 0 Å². The Morgan fingerprint density at radius 2 is 2.06 bits per heavy atom. The fraction of sp³-hybridized carbons (Fsp3) is 0.364. The minimum Gasteiger partial charge on any atom is -0.385 e. The van der Waals surface area contributed by atoms with Gasteiger partial charge < -0.3 is 5.32 Å². The first-order valence-electron chi connectivity index (χ1n) is 4.84. The van der Waals surface area contributed by atoms with Crippen LogP contribution in [0.1, 0.15) is 24.5 Å². The molecule has 0 bridgehead atoms. The Morgan fingerprint density at radius 1 is 1.38 bits per heavy atom. The van der Waals surface area contributed by atoms with Crippen LogP contribution in [0.25, 0.3) is 0 Å². The number of nitrogens with zero attached hydrogens (tertiary/aromatic N) is 1. The van der Waals surface area contributed by atoms with E-state index in [0.29, 0.717) is 12.2 Å². The zero-order chi connectivity index (χ0) is 12.2. The molecule has 1 aromatic rings. The SMILES string of the molecule is CCCNc1ccc(C#N)c(C(F)(F)F)c1. The van der Waals surface area contributed by atoms with E-state index >= 15 is 0 Å². The van der Waals surface area contributed by atoms with E-state index in [1.165, 1.54) is 18.2 Å². The third kappa shape index (κ3) is 2.89. The Balaban J connectivity index is 3.08. The number of anilines is 1. The highest BCUT2D eigenvalue weighted by atomic mass is 19.4. The standard InChI is InChI=1S/C11H11F3N2/c1-2-5-16-9-4-3-8(7-15)10(6-9)11(12,13)14/h3-4,6,16H,2,5H2,1H3. The zero-order valence-electron chi connectivity index (χ0n) is 8.73. The van der Waals surface area contributed by atoms with Gasteiger partial charge in [0.2, 0.25) is 0 Å². The van der Waals surface area contributed by atoms with Crippen LogP contribution in [-0.2, 0) is 6.18 Å². The molecule has 0 saturated heterocycles. The molecule has 0 aliphatic heterocycles. The van der Waals surface area contributed by atoms with E-state index in [1.54, 1.807) is 0 Å². The number of halogens is 3. The highest BCUT2D eigenvalue weighted by Crippen LogP contribution is 2.33. The zero-order valence-corrected chi connectivity index (χ0v) is 8.73. The summed E-state index contributed by atoms with van der Waals surface area (Å²) in [4.78, 5) is 0. The van der Waals surface area contributed by atoms with E-state index in [-0.39, 0.29) is 5.56 Å². The van der Waals surface area contributed by atoms with Crippen molar-refractivity contribution in [1.29, 1.82) is 5.26 Å². The molecule has 16 heavy (non-hydrogen) atoms. The number of nitrogens with one attached hydrogen (secondary N) is 1. The van der Waals surface area contributed by atoms with E-state index in [0.717, 1.165) is 12.5 Å². The van der Waals surface area contributed by atoms with Crippen molar-refractivity contribution in [2.75, 3.05) is 11.9 Å². The number of nitriles is 1. The van der Waals surface area contributed by atoms with Crippen LogP contribution in [0, 0.1) is 11.3 Å². The molecule has 1 N–H and O–H groups in total. The fourth-order valence-corrected chi connectivity index (χ4v) is 1.26. The third-order valence-electron chi connectivity index (χ3n) is 2.02. The number of alkyl halides is 3. The van der Waals surface area contributed by atoms with Gasteiger partial charge >= 0.3 is 6.18 Å². The van der Waals surface area contributed by atoms with Crippen molar-refractivity contribution in [2.24, 2.45) is 0 Å². The van der Waals surface area contributed by atoms with Crippen LogP contribution >= 0.6 is 0 Å². The third-order valence-corrected chi connectivity index (χ3v) is 2.02. The van der Waals surface area contributed by atoms with Crippen molar-refractivity contribution in [2.45, 2.75) is 19.5 Å². The number of rotatable bonds is 3. The van der Waals surface area contributed by atoms with E-state index in [4.69, 9.17) is 5.26 Å². The predicted molar refractivity (Wildman–Crippen MR) is 54.9 cm³/mol. The molecular weight excluding hydrogens is 217 g/mol. The maximum absolute atomic E-state index is 12.6. The fourth-order valence-electron chi connectivity index (χ4n) is 1.26. The minimum atomic E-state index is -4.49. The summed E-state index contributed by atoms with van der Waals surface area (Å²) in [5.74, 6) is 0. The monoisotopic (exact) mass is 228 g/mol. The lowest BCUT2D eigenvalue weighted by atomic mass is 10.1. The maximum Gasteiger partial charge on any atom is 0.417 e. The molecule has 1 rings (SSSR count). The summed E-state index contributed by atoms with van der Waals surface area (Å²) >= 11 is 0. The minimum absolute atomic E-state index is 0.352. The van der Waals surface area contributed by atoms with Gasteiger partial charge in [-0.25, -0.2) is 0 Å². The van der Waals surface area contributed by atoms with Crippen molar-refractivity contribution in [1.82, 2.24) is 0 Å². The van der Waals surface area contributed by atoms with E-state index in [2.05, 4.69) is 5.32 Å². The smallest absolute Gasteiger partial charge is 0.385 e. The molecule has 0 aromatic heterocycles. The molecule has 0 aliphatic rings. The van der Waals surface area contributed by atoms with Crippen molar-refractivity contribution in [3.8, 4) is 6.07 Å². The molecule has 0 radical (unpaired) electrons. The Bertz CT molecular complexity index is 405. The Labute approximate surface area is 91.7 Å². The van der Waals surface area contributed by atoms with Crippen molar-refractivity contribution in [3.05, 3.63) is 29.3 Å². The highest BCUT2D eigenvalue weighted by molar-refractivity contribution is 5.53. The van der Waals surface area contributed by atoms with Gasteiger partial charge in [-0.2, -0.15) is 18.4 Å². The summed E-state index contributed by atoms with van der Waals surface area (Å²) < 4.78 is 37.7. The van der Waals surface area contributed by atoms with Gasteiger partial charge in [0.25, 0.3) is 0 Å². The van der Waals surface area contributed by atoms with Crippen LogP contribution in [-0.4, -0.2) is 6.54 Å². The van der Waals surface area contributed by atoms with Crippen LogP contribution in [0.2, 0.25) is 0 Å². The summed E-state index contributed by atoms with van der Waals surface area (Å²) in [6.45, 7) is 2.52. The Kier molecular flexibility index (Phi) is 3.78. The second-order valence-corrected chi connectivity index (χ2v) is 3.30. The Morgan fingerprint density at radius 3 is 2.56 bits per heavy atom. The van der Waals surface area contributed by atoms with Gasteiger partial charge in [-0.3, -0.25) is 0 Å². The molecule has 1 aromatic carbocycles. The lowest BCUT2D eigenvalue weighted by Gasteiger charge is -2.11. The summed E-state index contributed by atoms with van der Waals surface area (Å²) in [7, 11) is 0. The molecular formula is C11H11F3N2. The molecule has 5 heteroatoms. The molecule has 86 valence electrons. The lowest BCUT2D eigenvalue weighted by molar-refractivity contribution is -0.137.